The fourth-order valence-corrected chi connectivity index (χ4v) is 3.71. The molecule has 1 aliphatic heterocycles. The number of anilines is 1. The Labute approximate surface area is 173 Å². The van der Waals surface area contributed by atoms with E-state index in [1.165, 1.54) is 0 Å². The second-order valence-electron chi connectivity index (χ2n) is 7.82. The highest BCUT2D eigenvalue weighted by atomic mass is 16.4. The molecule has 2 N–H and O–H groups in total. The number of carbonyl (C=O) groups excluding carboxylic acids is 3. The van der Waals surface area contributed by atoms with E-state index >= 15 is 0 Å². The maximum atomic E-state index is 12.9. The van der Waals surface area contributed by atoms with Crippen LogP contribution in [-0.2, 0) is 14.4 Å². The van der Waals surface area contributed by atoms with Crippen LogP contribution in [0.25, 0.3) is 22.3 Å². The molecule has 30 heavy (non-hydrogen) atoms. The maximum Gasteiger partial charge on any atom is 0.295 e. The van der Waals surface area contributed by atoms with Crippen molar-refractivity contribution in [2.75, 3.05) is 11.9 Å². The number of oxazole rings is 1. The molecule has 4 rings (SSSR count). The molecule has 0 spiro atoms. The predicted octanol–water partition coefficient (Wildman–Crippen LogP) is 3.19. The smallest absolute Gasteiger partial charge is 0.295 e. The van der Waals surface area contributed by atoms with Crippen LogP contribution >= 0.6 is 0 Å². The summed E-state index contributed by atoms with van der Waals surface area (Å²) >= 11 is 0. The minimum Gasteiger partial charge on any atom is -0.464 e. The summed E-state index contributed by atoms with van der Waals surface area (Å²) in [5, 5.41) is 6.47. The Morgan fingerprint density at radius 2 is 2.10 bits per heavy atom. The molecule has 156 valence electrons. The molecule has 0 saturated carbocycles. The van der Waals surface area contributed by atoms with Gasteiger partial charge in [0.05, 0.1) is 17.8 Å². The second kappa shape index (κ2) is 8.14. The maximum absolute atomic E-state index is 12.9. The van der Waals surface area contributed by atoms with E-state index in [4.69, 9.17) is 8.83 Å². The number of Topliss-reactive ketones (excluding diaryl/α,β-unsaturated/α-hetero) is 2. The highest BCUT2D eigenvalue weighted by Crippen LogP contribution is 2.32. The van der Waals surface area contributed by atoms with E-state index in [9.17, 15) is 14.4 Å². The van der Waals surface area contributed by atoms with Gasteiger partial charge in [-0.1, -0.05) is 32.0 Å². The molecule has 1 saturated heterocycles. The number of amides is 1. The lowest BCUT2D eigenvalue weighted by molar-refractivity contribution is -0.143. The minimum atomic E-state index is -0.613. The zero-order valence-electron chi connectivity index (χ0n) is 16.8. The number of fused-ring (bicyclic) bond motifs is 1. The third kappa shape index (κ3) is 3.85. The number of piperidine rings is 1. The molecule has 0 aliphatic carbocycles. The lowest BCUT2D eigenvalue weighted by atomic mass is 9.87. The van der Waals surface area contributed by atoms with E-state index in [-0.39, 0.29) is 24.1 Å². The fourth-order valence-electron chi connectivity index (χ4n) is 3.71. The standard InChI is InChI=1S/C22H23N3O5/c1-12(2)19(16(26)9-13-7-8-23-21(28)20(13)27)25-22-24-10-18(30-22)15-11-29-17-6-4-3-5-14(15)17/h3-6,10-13,19H,7-9H2,1-2H3,(H,23,28)(H,24,25). The van der Waals surface area contributed by atoms with E-state index < -0.39 is 23.7 Å². The van der Waals surface area contributed by atoms with E-state index in [2.05, 4.69) is 15.6 Å². The molecule has 2 unspecified atom stereocenters. The second-order valence-corrected chi connectivity index (χ2v) is 7.82. The molecule has 1 amide bonds. The highest BCUT2D eigenvalue weighted by molar-refractivity contribution is 6.37. The summed E-state index contributed by atoms with van der Waals surface area (Å²) in [5.41, 5.74) is 1.52. The van der Waals surface area contributed by atoms with Crippen molar-refractivity contribution in [3.05, 3.63) is 36.7 Å². The zero-order chi connectivity index (χ0) is 21.3. The Kier molecular flexibility index (Phi) is 5.39. The summed E-state index contributed by atoms with van der Waals surface area (Å²) in [6.45, 7) is 4.21. The molecular formula is C22H23N3O5. The van der Waals surface area contributed by atoms with Crippen molar-refractivity contribution in [1.29, 1.82) is 0 Å². The van der Waals surface area contributed by atoms with E-state index in [1.807, 2.05) is 38.1 Å². The van der Waals surface area contributed by atoms with Crippen LogP contribution in [0.1, 0.15) is 26.7 Å². The van der Waals surface area contributed by atoms with Gasteiger partial charge in [-0.05, 0) is 18.4 Å². The quantitative estimate of drug-likeness (QED) is 0.576. The normalized spacial score (nSPS) is 17.9. The average molecular weight is 409 g/mol. The van der Waals surface area contributed by atoms with Crippen LogP contribution in [0.15, 0.2) is 45.6 Å². The van der Waals surface area contributed by atoms with Crippen molar-refractivity contribution < 1.29 is 23.2 Å². The summed E-state index contributed by atoms with van der Waals surface area (Å²) in [6, 6.07) is 7.24. The predicted molar refractivity (Wildman–Crippen MR) is 110 cm³/mol. The number of nitrogens with zero attached hydrogens (tertiary/aromatic N) is 1. The van der Waals surface area contributed by atoms with Gasteiger partial charge in [-0.2, -0.15) is 0 Å². The van der Waals surface area contributed by atoms with Crippen molar-refractivity contribution in [3.8, 4) is 11.3 Å². The molecular weight excluding hydrogens is 386 g/mol. The highest BCUT2D eigenvalue weighted by Gasteiger charge is 2.34. The molecule has 3 heterocycles. The number of aromatic nitrogens is 1. The summed E-state index contributed by atoms with van der Waals surface area (Å²) in [4.78, 5) is 40.7. The van der Waals surface area contributed by atoms with Gasteiger partial charge >= 0.3 is 0 Å². The lowest BCUT2D eigenvalue weighted by Crippen LogP contribution is -2.45. The van der Waals surface area contributed by atoms with Crippen molar-refractivity contribution >= 4 is 34.5 Å². The topological polar surface area (TPSA) is 114 Å². The van der Waals surface area contributed by atoms with Crippen LogP contribution in [0.2, 0.25) is 0 Å². The number of para-hydroxylation sites is 1. The van der Waals surface area contributed by atoms with Gasteiger partial charge in [0.15, 0.2) is 11.5 Å². The molecule has 1 aromatic carbocycles. The minimum absolute atomic E-state index is 0.0159. The van der Waals surface area contributed by atoms with Gasteiger partial charge in [-0.3, -0.25) is 14.4 Å². The van der Waals surface area contributed by atoms with Crippen molar-refractivity contribution in [3.63, 3.8) is 0 Å². The summed E-state index contributed by atoms with van der Waals surface area (Å²) < 4.78 is 11.4. The Bertz CT molecular complexity index is 1100. The molecule has 2 atom stereocenters. The van der Waals surface area contributed by atoms with Crippen LogP contribution in [0.4, 0.5) is 6.01 Å². The fraction of sp³-hybridized carbons (Fsp3) is 0.364. The first-order valence-corrected chi connectivity index (χ1v) is 9.97. The summed E-state index contributed by atoms with van der Waals surface area (Å²) in [6.07, 6.45) is 3.68. The Hall–Kier alpha value is -3.42. The summed E-state index contributed by atoms with van der Waals surface area (Å²) in [5.74, 6) is -1.40. The van der Waals surface area contributed by atoms with Gasteiger partial charge in [0.25, 0.3) is 11.9 Å². The van der Waals surface area contributed by atoms with Gasteiger partial charge in [-0.15, -0.1) is 0 Å². The number of carbonyl (C=O) groups is 3. The molecule has 2 aromatic heterocycles. The first-order valence-electron chi connectivity index (χ1n) is 9.97. The van der Waals surface area contributed by atoms with Gasteiger partial charge in [0.1, 0.15) is 11.8 Å². The molecule has 3 aromatic rings. The number of furan rings is 1. The molecule has 8 heteroatoms. The largest absolute Gasteiger partial charge is 0.464 e. The molecule has 0 bridgehead atoms. The van der Waals surface area contributed by atoms with Gasteiger partial charge in [0, 0.05) is 24.3 Å². The first kappa shape index (κ1) is 19.9. The van der Waals surface area contributed by atoms with Crippen molar-refractivity contribution in [2.24, 2.45) is 11.8 Å². The van der Waals surface area contributed by atoms with Crippen LogP contribution in [-0.4, -0.2) is 35.0 Å². The van der Waals surface area contributed by atoms with E-state index in [1.54, 1.807) is 12.5 Å². The van der Waals surface area contributed by atoms with Gasteiger partial charge in [0.2, 0.25) is 5.78 Å². The molecule has 0 radical (unpaired) electrons. The average Bonchev–Trinajstić information content (AvgIpc) is 3.36. The first-order chi connectivity index (χ1) is 14.4. The Balaban J connectivity index is 1.49. The number of hydrogen-bond donors (Lipinski definition) is 2. The number of benzene rings is 1. The third-order valence-corrected chi connectivity index (χ3v) is 5.37. The third-order valence-electron chi connectivity index (χ3n) is 5.37. The Morgan fingerprint density at radius 1 is 1.30 bits per heavy atom. The van der Waals surface area contributed by atoms with E-state index in [0.717, 1.165) is 16.5 Å². The molecule has 8 nitrogen and oxygen atoms in total. The van der Waals surface area contributed by atoms with Crippen LogP contribution in [0.3, 0.4) is 0 Å². The monoisotopic (exact) mass is 409 g/mol. The number of nitrogens with one attached hydrogen (secondary N) is 2. The van der Waals surface area contributed by atoms with Crippen LogP contribution < -0.4 is 10.6 Å². The Morgan fingerprint density at radius 3 is 2.90 bits per heavy atom. The number of ketones is 2. The lowest BCUT2D eigenvalue weighted by Gasteiger charge is -2.24. The summed E-state index contributed by atoms with van der Waals surface area (Å²) in [7, 11) is 0. The van der Waals surface area contributed by atoms with Crippen molar-refractivity contribution in [1.82, 2.24) is 10.3 Å². The van der Waals surface area contributed by atoms with Crippen LogP contribution in [0.5, 0.6) is 0 Å². The number of hydrogen-bond acceptors (Lipinski definition) is 7. The van der Waals surface area contributed by atoms with Crippen LogP contribution in [0, 0.1) is 11.8 Å². The number of rotatable bonds is 7. The van der Waals surface area contributed by atoms with Gasteiger partial charge in [-0.25, -0.2) is 4.98 Å². The van der Waals surface area contributed by atoms with E-state index in [0.29, 0.717) is 18.7 Å². The SMILES string of the molecule is CC(C)C(Nc1ncc(-c2coc3ccccc23)o1)C(=O)CC1CCNC(=O)C1=O. The van der Waals surface area contributed by atoms with Gasteiger partial charge < -0.3 is 19.5 Å². The van der Waals surface area contributed by atoms with Crippen molar-refractivity contribution in [2.45, 2.75) is 32.7 Å². The zero-order valence-corrected chi connectivity index (χ0v) is 16.8. The molecule has 1 aliphatic rings. The molecule has 1 fully saturated rings.